The number of nitrogens with zero attached hydrogens (tertiary/aromatic N) is 2. The van der Waals surface area contributed by atoms with Crippen molar-refractivity contribution >= 4 is 22.5 Å². The molecular formula is C19H23N4+. The number of nitriles is 1. The van der Waals surface area contributed by atoms with Crippen molar-refractivity contribution in [1.82, 2.24) is 4.98 Å². The highest BCUT2D eigenvalue weighted by atomic mass is 15.1. The molecule has 0 aliphatic rings. The number of rotatable bonds is 5. The quantitative estimate of drug-likeness (QED) is 0.704. The lowest BCUT2D eigenvalue weighted by Crippen LogP contribution is -2.29. The molecule has 23 heavy (non-hydrogen) atoms. The first-order valence-electron chi connectivity index (χ1n) is 8.28. The van der Waals surface area contributed by atoms with Gasteiger partial charge in [0.25, 0.3) is 0 Å². The van der Waals surface area contributed by atoms with Crippen molar-refractivity contribution in [3.8, 4) is 6.07 Å². The second-order valence-electron chi connectivity index (χ2n) is 6.39. The maximum Gasteiger partial charge on any atom is 0.250 e. The minimum absolute atomic E-state index is 0.557. The molecule has 0 aliphatic carbocycles. The molecule has 0 amide bonds. The van der Waals surface area contributed by atoms with Gasteiger partial charge in [0.05, 0.1) is 6.54 Å². The molecule has 4 heteroatoms. The van der Waals surface area contributed by atoms with Gasteiger partial charge in [-0.25, -0.2) is 0 Å². The van der Waals surface area contributed by atoms with E-state index in [9.17, 15) is 5.26 Å². The molecule has 0 aliphatic heterocycles. The molecule has 2 heterocycles. The van der Waals surface area contributed by atoms with E-state index in [0.29, 0.717) is 5.92 Å². The molecule has 3 aromatic rings. The lowest BCUT2D eigenvalue weighted by atomic mass is 10.1. The summed E-state index contributed by atoms with van der Waals surface area (Å²) in [6.07, 6.45) is 1.93. The second kappa shape index (κ2) is 6.29. The standard InChI is InChI=1S/C19H22N4/c1-4-7-14-10-18(21-12-13(2)3)23-17-9-6-5-8-16(17)22-19(23)15(14)11-20/h5-6,8-10,13H,4,7,12H2,1-3H3,(H,21,22)/p+1. The first-order chi connectivity index (χ1) is 11.2. The van der Waals surface area contributed by atoms with Gasteiger partial charge in [-0.1, -0.05) is 39.3 Å². The smallest absolute Gasteiger partial charge is 0.250 e. The van der Waals surface area contributed by atoms with Crippen molar-refractivity contribution in [3.05, 3.63) is 41.5 Å². The number of anilines is 1. The molecule has 1 aromatic carbocycles. The van der Waals surface area contributed by atoms with Crippen LogP contribution < -0.4 is 9.72 Å². The summed E-state index contributed by atoms with van der Waals surface area (Å²) in [7, 11) is 0. The number of pyridine rings is 1. The molecule has 118 valence electrons. The van der Waals surface area contributed by atoms with Gasteiger partial charge in [-0.15, -0.1) is 0 Å². The Morgan fingerprint density at radius 1 is 1.30 bits per heavy atom. The highest BCUT2D eigenvalue weighted by molar-refractivity contribution is 5.77. The minimum atomic E-state index is 0.557. The molecule has 3 rings (SSSR count). The van der Waals surface area contributed by atoms with Gasteiger partial charge in [-0.3, -0.25) is 4.98 Å². The Kier molecular flexibility index (Phi) is 4.20. The van der Waals surface area contributed by atoms with Crippen molar-refractivity contribution in [2.75, 3.05) is 11.9 Å². The van der Waals surface area contributed by atoms with E-state index >= 15 is 0 Å². The number of hydrogen-bond donors (Lipinski definition) is 2. The van der Waals surface area contributed by atoms with Gasteiger partial charge in [0, 0.05) is 6.07 Å². The van der Waals surface area contributed by atoms with Crippen molar-refractivity contribution < 1.29 is 4.40 Å². The number of fused-ring (bicyclic) bond motifs is 3. The van der Waals surface area contributed by atoms with Gasteiger partial charge in [-0.05, 0) is 30.0 Å². The van der Waals surface area contributed by atoms with E-state index in [4.69, 9.17) is 0 Å². The van der Waals surface area contributed by atoms with Crippen LogP contribution in [0.3, 0.4) is 0 Å². The average molecular weight is 307 g/mol. The SMILES string of the molecule is CCCc1cc(NCC(C)C)[n+]2c([nH]c3ccccc32)c1C#N. The van der Waals surface area contributed by atoms with Gasteiger partial charge in [-0.2, -0.15) is 9.66 Å². The van der Waals surface area contributed by atoms with Crippen LogP contribution in [0.15, 0.2) is 30.3 Å². The van der Waals surface area contributed by atoms with E-state index in [1.807, 2.05) is 12.1 Å². The number of aromatic amines is 1. The summed E-state index contributed by atoms with van der Waals surface area (Å²) in [4.78, 5) is 3.42. The zero-order valence-corrected chi connectivity index (χ0v) is 14.0. The monoisotopic (exact) mass is 307 g/mol. The van der Waals surface area contributed by atoms with Crippen molar-refractivity contribution in [1.29, 1.82) is 5.26 Å². The zero-order valence-electron chi connectivity index (χ0n) is 14.0. The van der Waals surface area contributed by atoms with Gasteiger partial charge in [0.1, 0.15) is 22.7 Å². The van der Waals surface area contributed by atoms with Crippen LogP contribution >= 0.6 is 0 Å². The fourth-order valence-electron chi connectivity index (χ4n) is 2.99. The summed E-state index contributed by atoms with van der Waals surface area (Å²) >= 11 is 0. The number of aryl methyl sites for hydroxylation is 1. The first kappa shape index (κ1) is 15.4. The fourth-order valence-corrected chi connectivity index (χ4v) is 2.99. The molecule has 0 bridgehead atoms. The molecule has 2 N–H and O–H groups in total. The largest absolute Gasteiger partial charge is 0.305 e. The van der Waals surface area contributed by atoms with Crippen LogP contribution in [-0.2, 0) is 6.42 Å². The maximum absolute atomic E-state index is 9.67. The number of para-hydroxylation sites is 2. The highest BCUT2D eigenvalue weighted by Gasteiger charge is 2.21. The Morgan fingerprint density at radius 2 is 2.09 bits per heavy atom. The van der Waals surface area contributed by atoms with Crippen molar-refractivity contribution in [2.24, 2.45) is 5.92 Å². The van der Waals surface area contributed by atoms with Gasteiger partial charge in [0.15, 0.2) is 0 Å². The summed E-state index contributed by atoms with van der Waals surface area (Å²) in [6.45, 7) is 7.44. The Morgan fingerprint density at radius 3 is 2.78 bits per heavy atom. The number of nitrogens with one attached hydrogen (secondary N) is 2. The maximum atomic E-state index is 9.67. The van der Waals surface area contributed by atoms with Crippen LogP contribution in [0.25, 0.3) is 16.7 Å². The van der Waals surface area contributed by atoms with Crippen LogP contribution in [0.2, 0.25) is 0 Å². The summed E-state index contributed by atoms with van der Waals surface area (Å²) < 4.78 is 2.13. The Balaban J connectivity index is 2.32. The molecule has 0 radical (unpaired) electrons. The van der Waals surface area contributed by atoms with Gasteiger partial charge in [0.2, 0.25) is 11.5 Å². The number of benzene rings is 1. The van der Waals surface area contributed by atoms with Crippen LogP contribution in [0.4, 0.5) is 5.82 Å². The lowest BCUT2D eigenvalue weighted by Gasteiger charge is -2.09. The Labute approximate surface area is 136 Å². The number of imidazole rings is 1. The van der Waals surface area contributed by atoms with E-state index in [0.717, 1.165) is 53.0 Å². The summed E-state index contributed by atoms with van der Waals surface area (Å²) in [6, 6.07) is 12.7. The summed E-state index contributed by atoms with van der Waals surface area (Å²) in [5, 5.41) is 13.2. The minimum Gasteiger partial charge on any atom is -0.305 e. The van der Waals surface area contributed by atoms with E-state index in [1.54, 1.807) is 0 Å². The van der Waals surface area contributed by atoms with E-state index in [-0.39, 0.29) is 0 Å². The molecule has 0 saturated carbocycles. The van der Waals surface area contributed by atoms with Gasteiger partial charge >= 0.3 is 0 Å². The van der Waals surface area contributed by atoms with Crippen LogP contribution in [0.1, 0.15) is 38.3 Å². The first-order valence-corrected chi connectivity index (χ1v) is 8.28. The topological polar surface area (TPSA) is 55.7 Å². The second-order valence-corrected chi connectivity index (χ2v) is 6.39. The molecule has 0 saturated heterocycles. The van der Waals surface area contributed by atoms with E-state index in [2.05, 4.69) is 59.7 Å². The third-order valence-electron chi connectivity index (χ3n) is 4.05. The van der Waals surface area contributed by atoms with Crippen LogP contribution in [-0.4, -0.2) is 11.5 Å². The van der Waals surface area contributed by atoms with Gasteiger partial charge < -0.3 is 5.32 Å². The van der Waals surface area contributed by atoms with E-state index in [1.165, 1.54) is 0 Å². The molecule has 4 nitrogen and oxygen atoms in total. The molecular weight excluding hydrogens is 284 g/mol. The number of aromatic nitrogens is 2. The lowest BCUT2D eigenvalue weighted by molar-refractivity contribution is -0.465. The van der Waals surface area contributed by atoms with Crippen molar-refractivity contribution in [3.63, 3.8) is 0 Å². The Bertz CT molecular complexity index is 884. The molecule has 2 aromatic heterocycles. The molecule has 0 unspecified atom stereocenters. The number of H-pyrrole nitrogens is 1. The molecule has 0 atom stereocenters. The predicted octanol–water partition coefficient (Wildman–Crippen LogP) is 3.80. The predicted molar refractivity (Wildman–Crippen MR) is 93.5 cm³/mol. The number of hydrogen-bond acceptors (Lipinski definition) is 2. The van der Waals surface area contributed by atoms with Crippen molar-refractivity contribution in [2.45, 2.75) is 33.6 Å². The summed E-state index contributed by atoms with van der Waals surface area (Å²) in [5.74, 6) is 1.61. The third-order valence-corrected chi connectivity index (χ3v) is 4.05. The highest BCUT2D eigenvalue weighted by Crippen LogP contribution is 2.21. The molecule has 0 spiro atoms. The van der Waals surface area contributed by atoms with E-state index < -0.39 is 0 Å². The molecule has 0 fully saturated rings. The fraction of sp³-hybridized carbons (Fsp3) is 0.368. The van der Waals surface area contributed by atoms with Crippen LogP contribution in [0.5, 0.6) is 0 Å². The Hall–Kier alpha value is -2.54. The third kappa shape index (κ3) is 2.75. The normalized spacial score (nSPS) is 11.3. The zero-order chi connectivity index (χ0) is 16.4. The van der Waals surface area contributed by atoms with Crippen LogP contribution in [0, 0.1) is 17.2 Å². The average Bonchev–Trinajstić information content (AvgIpc) is 2.92. The summed E-state index contributed by atoms with van der Waals surface area (Å²) in [5.41, 5.74) is 4.87.